The minimum Gasteiger partial charge on any atom is -0.376 e. The Morgan fingerprint density at radius 1 is 1.31 bits per heavy atom. The average molecular weight is 379 g/mol. The highest BCUT2D eigenvalue weighted by atomic mass is 35.5. The van der Waals surface area contributed by atoms with E-state index in [1.807, 2.05) is 18.2 Å². The van der Waals surface area contributed by atoms with Crippen LogP contribution in [0.5, 0.6) is 0 Å². The summed E-state index contributed by atoms with van der Waals surface area (Å²) in [6.07, 6.45) is -0.869. The van der Waals surface area contributed by atoms with E-state index < -0.39 is 23.6 Å². The zero-order valence-electron chi connectivity index (χ0n) is 14.0. The van der Waals surface area contributed by atoms with Crippen LogP contribution in [0, 0.1) is 5.82 Å². The highest BCUT2D eigenvalue weighted by Crippen LogP contribution is 2.31. The maximum absolute atomic E-state index is 13.3. The first kappa shape index (κ1) is 18.6. The van der Waals surface area contributed by atoms with Crippen molar-refractivity contribution in [3.8, 4) is 0 Å². The number of carbonyl (C=O) groups is 1. The highest BCUT2D eigenvalue weighted by Gasteiger charge is 2.51. The summed E-state index contributed by atoms with van der Waals surface area (Å²) in [4.78, 5) is 14.0. The second-order valence-corrected chi connectivity index (χ2v) is 6.80. The molecule has 1 aliphatic heterocycles. The molecule has 0 saturated carbocycles. The lowest BCUT2D eigenvalue weighted by Crippen LogP contribution is -2.55. The molecular weight excluding hydrogens is 359 g/mol. The molecule has 0 aliphatic carbocycles. The largest absolute Gasteiger partial charge is 0.376 e. The molecule has 26 heavy (non-hydrogen) atoms. The number of nitrogens with zero attached hydrogens (tertiary/aromatic N) is 1. The van der Waals surface area contributed by atoms with E-state index in [2.05, 4.69) is 5.32 Å². The summed E-state index contributed by atoms with van der Waals surface area (Å²) in [5.74, 6) is -1.09. The number of nitrogens with one attached hydrogen (secondary N) is 1. The van der Waals surface area contributed by atoms with Gasteiger partial charge in [-0.3, -0.25) is 4.79 Å². The van der Waals surface area contributed by atoms with Crippen LogP contribution in [-0.2, 0) is 11.2 Å². The SMILES string of the molecule is O=C(NCCc1cc(F)cc(Cl)c1)[C@@]1(O)CCN(c2ccccc2)C1O. The van der Waals surface area contributed by atoms with Gasteiger partial charge in [0.15, 0.2) is 11.8 Å². The number of benzene rings is 2. The van der Waals surface area contributed by atoms with Crippen LogP contribution in [0.25, 0.3) is 0 Å². The summed E-state index contributed by atoms with van der Waals surface area (Å²) >= 11 is 5.80. The Morgan fingerprint density at radius 2 is 2.04 bits per heavy atom. The van der Waals surface area contributed by atoms with Gasteiger partial charge in [0.05, 0.1) is 0 Å². The molecule has 2 atom stereocenters. The van der Waals surface area contributed by atoms with E-state index in [9.17, 15) is 19.4 Å². The van der Waals surface area contributed by atoms with Crippen LogP contribution in [0.15, 0.2) is 48.5 Å². The van der Waals surface area contributed by atoms with E-state index >= 15 is 0 Å². The zero-order chi connectivity index (χ0) is 18.7. The van der Waals surface area contributed by atoms with Crippen LogP contribution in [0.2, 0.25) is 5.02 Å². The van der Waals surface area contributed by atoms with Crippen molar-refractivity contribution in [3.63, 3.8) is 0 Å². The van der Waals surface area contributed by atoms with E-state index in [1.165, 1.54) is 12.1 Å². The third-order valence-corrected chi connectivity index (χ3v) is 4.78. The van der Waals surface area contributed by atoms with Gasteiger partial charge in [-0.2, -0.15) is 0 Å². The van der Waals surface area contributed by atoms with Crippen molar-refractivity contribution in [2.45, 2.75) is 24.7 Å². The molecule has 1 unspecified atom stereocenters. The van der Waals surface area contributed by atoms with Crippen LogP contribution in [0.1, 0.15) is 12.0 Å². The van der Waals surface area contributed by atoms with E-state index in [4.69, 9.17) is 11.6 Å². The Bertz CT molecular complexity index is 769. The molecule has 1 amide bonds. The van der Waals surface area contributed by atoms with Gasteiger partial charge in [0.2, 0.25) is 0 Å². The monoisotopic (exact) mass is 378 g/mol. The molecule has 2 aromatic rings. The number of halogens is 2. The molecule has 3 rings (SSSR count). The highest BCUT2D eigenvalue weighted by molar-refractivity contribution is 6.30. The normalized spacial score (nSPS) is 22.5. The number of amides is 1. The maximum atomic E-state index is 13.3. The minimum absolute atomic E-state index is 0.112. The number of aliphatic hydroxyl groups excluding tert-OH is 1. The first-order chi connectivity index (χ1) is 12.4. The number of hydrogen-bond donors (Lipinski definition) is 3. The Labute approximate surface area is 156 Å². The molecule has 0 spiro atoms. The van der Waals surface area contributed by atoms with Gasteiger partial charge in [-0.1, -0.05) is 29.8 Å². The third-order valence-electron chi connectivity index (χ3n) is 4.56. The fraction of sp³-hybridized carbons (Fsp3) is 0.316. The standard InChI is InChI=1S/C19H20ClFN2O3/c20-14-10-13(11-15(21)12-14)6-8-22-17(24)19(26)7-9-23(18(19)25)16-4-2-1-3-5-16/h1-5,10-12,18,25-26H,6-9H2,(H,22,24)/t18?,19-/m0/s1. The molecule has 5 nitrogen and oxygen atoms in total. The fourth-order valence-corrected chi connectivity index (χ4v) is 3.39. The second-order valence-electron chi connectivity index (χ2n) is 6.36. The topological polar surface area (TPSA) is 72.8 Å². The van der Waals surface area contributed by atoms with E-state index in [1.54, 1.807) is 23.1 Å². The molecule has 138 valence electrons. The third kappa shape index (κ3) is 3.82. The van der Waals surface area contributed by atoms with Crippen molar-refractivity contribution in [1.29, 1.82) is 0 Å². The number of para-hydroxylation sites is 1. The average Bonchev–Trinajstić information content (AvgIpc) is 2.91. The number of aliphatic hydroxyl groups is 2. The van der Waals surface area contributed by atoms with Crippen LogP contribution in [0.3, 0.4) is 0 Å². The zero-order valence-corrected chi connectivity index (χ0v) is 14.8. The van der Waals surface area contributed by atoms with E-state index in [0.717, 1.165) is 5.69 Å². The van der Waals surface area contributed by atoms with Crippen molar-refractivity contribution >= 4 is 23.2 Å². The van der Waals surface area contributed by atoms with Crippen LogP contribution >= 0.6 is 11.6 Å². The first-order valence-corrected chi connectivity index (χ1v) is 8.73. The molecule has 0 aromatic heterocycles. The fourth-order valence-electron chi connectivity index (χ4n) is 3.15. The van der Waals surface area contributed by atoms with Crippen LogP contribution < -0.4 is 10.2 Å². The van der Waals surface area contributed by atoms with Crippen molar-refractivity contribution in [1.82, 2.24) is 5.32 Å². The predicted octanol–water partition coefficient (Wildman–Crippen LogP) is 2.10. The number of rotatable bonds is 5. The maximum Gasteiger partial charge on any atom is 0.256 e. The van der Waals surface area contributed by atoms with Gasteiger partial charge < -0.3 is 20.4 Å². The minimum atomic E-state index is -1.89. The molecule has 1 heterocycles. The number of anilines is 1. The summed E-state index contributed by atoms with van der Waals surface area (Å²) in [7, 11) is 0. The lowest BCUT2D eigenvalue weighted by molar-refractivity contribution is -0.148. The van der Waals surface area contributed by atoms with Gasteiger partial charge in [-0.05, 0) is 42.3 Å². The van der Waals surface area contributed by atoms with Gasteiger partial charge in [0.1, 0.15) is 5.82 Å². The number of carbonyl (C=O) groups excluding carboxylic acids is 1. The summed E-state index contributed by atoms with van der Waals surface area (Å²) in [5, 5.41) is 24.0. The second kappa shape index (κ2) is 7.61. The lowest BCUT2D eigenvalue weighted by Gasteiger charge is -2.30. The molecule has 2 aromatic carbocycles. The molecule has 1 saturated heterocycles. The predicted molar refractivity (Wildman–Crippen MR) is 97.5 cm³/mol. The van der Waals surface area contributed by atoms with Crippen molar-refractivity contribution < 1.29 is 19.4 Å². The quantitative estimate of drug-likeness (QED) is 0.745. The van der Waals surface area contributed by atoms with Gasteiger partial charge in [0.25, 0.3) is 5.91 Å². The van der Waals surface area contributed by atoms with Crippen molar-refractivity contribution in [2.24, 2.45) is 0 Å². The van der Waals surface area contributed by atoms with Crippen LogP contribution in [-0.4, -0.2) is 41.0 Å². The van der Waals surface area contributed by atoms with Crippen LogP contribution in [0.4, 0.5) is 10.1 Å². The molecule has 1 fully saturated rings. The molecule has 3 N–H and O–H groups in total. The molecule has 0 bridgehead atoms. The smallest absolute Gasteiger partial charge is 0.256 e. The lowest BCUT2D eigenvalue weighted by atomic mass is 10.00. The van der Waals surface area contributed by atoms with Gasteiger partial charge in [-0.25, -0.2) is 4.39 Å². The number of hydrogen-bond acceptors (Lipinski definition) is 4. The van der Waals surface area contributed by atoms with Gasteiger partial charge in [-0.15, -0.1) is 0 Å². The van der Waals surface area contributed by atoms with Crippen molar-refractivity contribution in [3.05, 3.63) is 64.9 Å². The Morgan fingerprint density at radius 3 is 2.73 bits per heavy atom. The first-order valence-electron chi connectivity index (χ1n) is 8.35. The molecular formula is C19H20ClFN2O3. The van der Waals surface area contributed by atoms with Gasteiger partial charge >= 0.3 is 0 Å². The Balaban J connectivity index is 1.60. The molecule has 7 heteroatoms. The summed E-state index contributed by atoms with van der Waals surface area (Å²) < 4.78 is 13.3. The van der Waals surface area contributed by atoms with E-state index in [0.29, 0.717) is 18.5 Å². The Kier molecular flexibility index (Phi) is 5.46. The summed E-state index contributed by atoms with van der Waals surface area (Å²) in [5.41, 5.74) is -0.520. The van der Waals surface area contributed by atoms with Gasteiger partial charge in [0, 0.05) is 30.2 Å². The molecule has 1 aliphatic rings. The van der Waals surface area contributed by atoms with Crippen molar-refractivity contribution in [2.75, 3.05) is 18.0 Å². The Hall–Kier alpha value is -2.15. The molecule has 0 radical (unpaired) electrons. The summed E-state index contributed by atoms with van der Waals surface area (Å²) in [6.45, 7) is 0.549. The summed E-state index contributed by atoms with van der Waals surface area (Å²) in [6, 6.07) is 13.3. The van der Waals surface area contributed by atoms with E-state index in [-0.39, 0.29) is 18.0 Å².